The number of aliphatic carboxylic acids is 1. The lowest BCUT2D eigenvalue weighted by molar-refractivity contribution is -0.137. The van der Waals surface area contributed by atoms with Crippen LogP contribution in [-0.2, 0) is 16.0 Å². The van der Waals surface area contributed by atoms with Gasteiger partial charge in [0, 0.05) is 12.1 Å². The van der Waals surface area contributed by atoms with E-state index in [1.807, 2.05) is 0 Å². The van der Waals surface area contributed by atoms with Gasteiger partial charge in [-0.3, -0.25) is 4.79 Å². The van der Waals surface area contributed by atoms with Crippen LogP contribution in [0, 0.1) is 17.6 Å². The third-order valence-corrected chi connectivity index (χ3v) is 4.00. The molecule has 1 amide bonds. The Labute approximate surface area is 144 Å². The number of hydrogen-bond donors (Lipinski definition) is 1. The molecular formula is C18H21F2NO4. The monoisotopic (exact) mass is 353 g/mol. The molecule has 0 aromatic heterocycles. The molecule has 7 heteroatoms. The molecular weight excluding hydrogens is 332 g/mol. The summed E-state index contributed by atoms with van der Waals surface area (Å²) in [6.07, 6.45) is 1.23. The van der Waals surface area contributed by atoms with Crippen molar-refractivity contribution in [1.82, 2.24) is 0 Å². The number of benzene rings is 1. The van der Waals surface area contributed by atoms with Crippen molar-refractivity contribution in [1.29, 1.82) is 0 Å². The standard InChI is InChI=1S/C18H21F2NO4/c1-18(2,3)25-17(24)21-9-11(7-16(22)23)12-5-4-10-6-14(19)15(20)8-13(10)12/h6,8-9,11-12H,4-5,7H2,1-3H3,(H,22,23). The van der Waals surface area contributed by atoms with Crippen molar-refractivity contribution in [2.24, 2.45) is 10.9 Å². The van der Waals surface area contributed by atoms with E-state index in [2.05, 4.69) is 4.99 Å². The van der Waals surface area contributed by atoms with Gasteiger partial charge in [0.15, 0.2) is 11.6 Å². The molecule has 0 saturated heterocycles. The number of hydrogen-bond acceptors (Lipinski definition) is 3. The molecule has 1 N–H and O–H groups in total. The van der Waals surface area contributed by atoms with Crippen molar-refractivity contribution < 1.29 is 28.2 Å². The van der Waals surface area contributed by atoms with Crippen molar-refractivity contribution in [2.75, 3.05) is 0 Å². The quantitative estimate of drug-likeness (QED) is 0.827. The summed E-state index contributed by atoms with van der Waals surface area (Å²) >= 11 is 0. The summed E-state index contributed by atoms with van der Waals surface area (Å²) in [7, 11) is 0. The van der Waals surface area contributed by atoms with Crippen molar-refractivity contribution in [3.8, 4) is 0 Å². The highest BCUT2D eigenvalue weighted by atomic mass is 19.2. The van der Waals surface area contributed by atoms with Crippen LogP contribution in [0.5, 0.6) is 0 Å². The SMILES string of the molecule is CC(C)(C)OC(=O)N=CC(CC(=O)O)C1CCc2cc(F)c(F)cc21. The van der Waals surface area contributed by atoms with Gasteiger partial charge in [-0.15, -0.1) is 0 Å². The number of carboxylic acids is 1. The lowest BCUT2D eigenvalue weighted by atomic mass is 9.85. The predicted molar refractivity (Wildman–Crippen MR) is 87.9 cm³/mol. The maximum Gasteiger partial charge on any atom is 0.433 e. The zero-order chi connectivity index (χ0) is 18.8. The minimum Gasteiger partial charge on any atom is -0.481 e. The molecule has 2 rings (SSSR count). The molecule has 1 aromatic carbocycles. The molecule has 0 saturated carbocycles. The van der Waals surface area contributed by atoms with Gasteiger partial charge in [-0.25, -0.2) is 13.6 Å². The molecule has 136 valence electrons. The predicted octanol–water partition coefficient (Wildman–Crippen LogP) is 4.09. The number of carbonyl (C=O) groups is 2. The largest absolute Gasteiger partial charge is 0.481 e. The first kappa shape index (κ1) is 19.0. The van der Waals surface area contributed by atoms with Crippen LogP contribution < -0.4 is 0 Å². The molecule has 2 atom stereocenters. The number of aliphatic imine (C=N–C) groups is 1. The first-order chi connectivity index (χ1) is 11.6. The third kappa shape index (κ3) is 5.08. The summed E-state index contributed by atoms with van der Waals surface area (Å²) in [6.45, 7) is 5.08. The molecule has 5 nitrogen and oxygen atoms in total. The van der Waals surface area contributed by atoms with Crippen LogP contribution in [0.4, 0.5) is 13.6 Å². The molecule has 0 fully saturated rings. The number of amides is 1. The van der Waals surface area contributed by atoms with Crippen molar-refractivity contribution in [3.05, 3.63) is 34.9 Å². The number of nitrogens with zero attached hydrogens (tertiary/aromatic N) is 1. The molecule has 1 aliphatic carbocycles. The number of carboxylic acid groups (broad SMARTS) is 1. The number of halogens is 2. The van der Waals surface area contributed by atoms with Gasteiger partial charge in [-0.05, 0) is 62.8 Å². The highest BCUT2D eigenvalue weighted by Gasteiger charge is 2.32. The average molecular weight is 353 g/mol. The summed E-state index contributed by atoms with van der Waals surface area (Å²) in [6, 6.07) is 2.26. The summed E-state index contributed by atoms with van der Waals surface area (Å²) in [5, 5.41) is 9.13. The average Bonchev–Trinajstić information content (AvgIpc) is 2.84. The Kier molecular flexibility index (Phi) is 5.55. The van der Waals surface area contributed by atoms with E-state index in [0.29, 0.717) is 24.0 Å². The van der Waals surface area contributed by atoms with E-state index in [9.17, 15) is 18.4 Å². The van der Waals surface area contributed by atoms with Crippen LogP contribution in [0.25, 0.3) is 0 Å². The van der Waals surface area contributed by atoms with Crippen LogP contribution in [-0.4, -0.2) is 29.0 Å². The van der Waals surface area contributed by atoms with Crippen molar-refractivity contribution in [3.63, 3.8) is 0 Å². The van der Waals surface area contributed by atoms with Crippen LogP contribution in [0.2, 0.25) is 0 Å². The molecule has 0 spiro atoms. The van der Waals surface area contributed by atoms with Gasteiger partial charge >= 0.3 is 12.1 Å². The van der Waals surface area contributed by atoms with E-state index in [-0.39, 0.29) is 12.3 Å². The summed E-state index contributed by atoms with van der Waals surface area (Å²) in [4.78, 5) is 26.6. The Bertz CT molecular complexity index is 710. The fourth-order valence-corrected chi connectivity index (χ4v) is 3.02. The summed E-state index contributed by atoms with van der Waals surface area (Å²) in [5.41, 5.74) is 0.517. The molecule has 0 aliphatic heterocycles. The zero-order valence-corrected chi connectivity index (χ0v) is 14.4. The number of ether oxygens (including phenoxy) is 1. The minimum absolute atomic E-state index is 0.268. The lowest BCUT2D eigenvalue weighted by Crippen LogP contribution is -2.23. The Morgan fingerprint density at radius 3 is 2.60 bits per heavy atom. The van der Waals surface area contributed by atoms with Gasteiger partial charge < -0.3 is 9.84 Å². The normalized spacial score (nSPS) is 18.2. The highest BCUT2D eigenvalue weighted by Crippen LogP contribution is 2.40. The Morgan fingerprint density at radius 1 is 1.36 bits per heavy atom. The molecule has 0 bridgehead atoms. The van der Waals surface area contributed by atoms with Gasteiger partial charge in [0.1, 0.15) is 5.60 Å². The molecule has 0 heterocycles. The maximum atomic E-state index is 13.6. The molecule has 2 unspecified atom stereocenters. The zero-order valence-electron chi connectivity index (χ0n) is 14.4. The van der Waals surface area contributed by atoms with E-state index in [4.69, 9.17) is 9.84 Å². The second-order valence-corrected chi connectivity index (χ2v) is 7.13. The van der Waals surface area contributed by atoms with Gasteiger partial charge in [0.2, 0.25) is 0 Å². The first-order valence-electron chi connectivity index (χ1n) is 8.03. The highest BCUT2D eigenvalue weighted by molar-refractivity contribution is 5.83. The van der Waals surface area contributed by atoms with E-state index in [0.717, 1.165) is 12.1 Å². The molecule has 1 aliphatic rings. The fourth-order valence-electron chi connectivity index (χ4n) is 3.02. The van der Waals surface area contributed by atoms with E-state index < -0.39 is 35.2 Å². The van der Waals surface area contributed by atoms with Gasteiger partial charge in [-0.1, -0.05) is 0 Å². The third-order valence-electron chi connectivity index (χ3n) is 4.00. The minimum atomic E-state index is -1.06. The second-order valence-electron chi connectivity index (χ2n) is 7.13. The van der Waals surface area contributed by atoms with Gasteiger partial charge in [0.25, 0.3) is 0 Å². The van der Waals surface area contributed by atoms with E-state index in [1.54, 1.807) is 20.8 Å². The van der Waals surface area contributed by atoms with Crippen LogP contribution in [0.1, 0.15) is 50.7 Å². The van der Waals surface area contributed by atoms with E-state index in [1.165, 1.54) is 6.21 Å². The topological polar surface area (TPSA) is 76.0 Å². The second kappa shape index (κ2) is 7.29. The smallest absolute Gasteiger partial charge is 0.433 e. The molecule has 1 aromatic rings. The maximum absolute atomic E-state index is 13.6. The van der Waals surface area contributed by atoms with Crippen molar-refractivity contribution >= 4 is 18.3 Å². The number of rotatable bonds is 4. The van der Waals surface area contributed by atoms with Crippen LogP contribution in [0.3, 0.4) is 0 Å². The Morgan fingerprint density at radius 2 is 2.00 bits per heavy atom. The Balaban J connectivity index is 2.24. The lowest BCUT2D eigenvalue weighted by Gasteiger charge is -2.20. The summed E-state index contributed by atoms with van der Waals surface area (Å²) < 4.78 is 32.0. The van der Waals surface area contributed by atoms with Crippen LogP contribution >= 0.6 is 0 Å². The molecule has 0 radical (unpaired) electrons. The molecule has 25 heavy (non-hydrogen) atoms. The number of aryl methyl sites for hydroxylation is 1. The Hall–Kier alpha value is -2.31. The number of fused-ring (bicyclic) bond motifs is 1. The van der Waals surface area contributed by atoms with Gasteiger partial charge in [0.05, 0.1) is 6.42 Å². The van der Waals surface area contributed by atoms with Crippen molar-refractivity contribution in [2.45, 2.75) is 51.6 Å². The van der Waals surface area contributed by atoms with Gasteiger partial charge in [-0.2, -0.15) is 4.99 Å². The van der Waals surface area contributed by atoms with Crippen LogP contribution in [0.15, 0.2) is 17.1 Å². The summed E-state index contributed by atoms with van der Waals surface area (Å²) in [5.74, 6) is -3.90. The first-order valence-corrected chi connectivity index (χ1v) is 8.03. The van der Waals surface area contributed by atoms with E-state index >= 15 is 0 Å². The fraction of sp³-hybridized carbons (Fsp3) is 0.500. The number of carbonyl (C=O) groups excluding carboxylic acids is 1.